The molecule has 1 unspecified atom stereocenters. The SMILES string of the molecule is CCC(C(=O)NC1CCCCC1)N(Cc1cccc(OC)c1)C(=O)CN(c1ccc(OC)cc1)S(=O)(=O)c1ccc(C)cc1. The minimum Gasteiger partial charge on any atom is -0.497 e. The second-order valence-corrected chi connectivity index (χ2v) is 13.0. The number of anilines is 1. The molecule has 0 aromatic heterocycles. The van der Waals surface area contributed by atoms with Crippen LogP contribution >= 0.6 is 0 Å². The van der Waals surface area contributed by atoms with Crippen LogP contribution in [0.1, 0.15) is 56.6 Å². The zero-order valence-electron chi connectivity index (χ0n) is 26.0. The Morgan fingerprint density at radius 2 is 1.57 bits per heavy atom. The molecule has 0 bridgehead atoms. The zero-order chi connectivity index (χ0) is 31.7. The molecule has 1 atom stereocenters. The summed E-state index contributed by atoms with van der Waals surface area (Å²) in [5.74, 6) is 0.451. The van der Waals surface area contributed by atoms with Crippen LogP contribution in [-0.2, 0) is 26.2 Å². The topological polar surface area (TPSA) is 105 Å². The van der Waals surface area contributed by atoms with Crippen LogP contribution in [-0.4, -0.2) is 58.0 Å². The number of sulfonamides is 1. The van der Waals surface area contributed by atoms with Crippen molar-refractivity contribution in [2.75, 3.05) is 25.1 Å². The van der Waals surface area contributed by atoms with Crippen molar-refractivity contribution >= 4 is 27.5 Å². The van der Waals surface area contributed by atoms with Gasteiger partial charge in [0.25, 0.3) is 10.0 Å². The summed E-state index contributed by atoms with van der Waals surface area (Å²) in [6, 6.07) is 19.6. The van der Waals surface area contributed by atoms with Gasteiger partial charge in [-0.05, 0) is 80.3 Å². The van der Waals surface area contributed by atoms with Gasteiger partial charge in [0.2, 0.25) is 11.8 Å². The van der Waals surface area contributed by atoms with E-state index in [1.54, 1.807) is 43.5 Å². The Morgan fingerprint density at radius 1 is 0.909 bits per heavy atom. The van der Waals surface area contributed by atoms with Crippen LogP contribution in [0.15, 0.2) is 77.7 Å². The van der Waals surface area contributed by atoms with Gasteiger partial charge in [-0.15, -0.1) is 0 Å². The molecule has 44 heavy (non-hydrogen) atoms. The lowest BCUT2D eigenvalue weighted by molar-refractivity contribution is -0.140. The second-order valence-electron chi connectivity index (χ2n) is 11.2. The van der Waals surface area contributed by atoms with E-state index in [1.165, 1.54) is 24.1 Å². The summed E-state index contributed by atoms with van der Waals surface area (Å²) in [5.41, 5.74) is 1.98. The van der Waals surface area contributed by atoms with Crippen molar-refractivity contribution in [1.82, 2.24) is 10.2 Å². The van der Waals surface area contributed by atoms with E-state index in [-0.39, 0.29) is 23.4 Å². The van der Waals surface area contributed by atoms with Gasteiger partial charge < -0.3 is 19.7 Å². The molecule has 3 aromatic rings. The van der Waals surface area contributed by atoms with E-state index in [4.69, 9.17) is 9.47 Å². The molecule has 3 aromatic carbocycles. The average molecular weight is 622 g/mol. The summed E-state index contributed by atoms with van der Waals surface area (Å²) in [4.78, 5) is 29.6. The van der Waals surface area contributed by atoms with Gasteiger partial charge in [-0.25, -0.2) is 8.42 Å². The number of rotatable bonds is 13. The molecule has 1 aliphatic carbocycles. The van der Waals surface area contributed by atoms with Crippen molar-refractivity contribution in [3.05, 3.63) is 83.9 Å². The number of carbonyl (C=O) groups excluding carboxylic acids is 2. The molecule has 0 heterocycles. The fraction of sp³-hybridized carbons (Fsp3) is 0.412. The second kappa shape index (κ2) is 15.1. The van der Waals surface area contributed by atoms with Crippen LogP contribution in [0.3, 0.4) is 0 Å². The number of benzene rings is 3. The Morgan fingerprint density at radius 3 is 2.18 bits per heavy atom. The molecule has 236 valence electrons. The third-order valence-electron chi connectivity index (χ3n) is 8.07. The highest BCUT2D eigenvalue weighted by Crippen LogP contribution is 2.27. The molecule has 2 amide bonds. The maximum Gasteiger partial charge on any atom is 0.264 e. The predicted molar refractivity (Wildman–Crippen MR) is 171 cm³/mol. The normalized spacial score (nSPS) is 14.4. The van der Waals surface area contributed by atoms with E-state index in [9.17, 15) is 18.0 Å². The monoisotopic (exact) mass is 621 g/mol. The van der Waals surface area contributed by atoms with Crippen LogP contribution < -0.4 is 19.1 Å². The molecule has 0 saturated heterocycles. The quantitative estimate of drug-likeness (QED) is 0.272. The number of carbonyl (C=O) groups is 2. The van der Waals surface area contributed by atoms with E-state index >= 15 is 0 Å². The summed E-state index contributed by atoms with van der Waals surface area (Å²) in [5, 5.41) is 3.17. The van der Waals surface area contributed by atoms with Gasteiger partial charge in [-0.3, -0.25) is 13.9 Å². The summed E-state index contributed by atoms with van der Waals surface area (Å²) in [6.45, 7) is 3.34. The molecule has 1 fully saturated rings. The Hall–Kier alpha value is -4.05. The maximum atomic E-state index is 14.3. The summed E-state index contributed by atoms with van der Waals surface area (Å²) < 4.78 is 39.9. The van der Waals surface area contributed by atoms with Crippen LogP contribution in [0, 0.1) is 6.92 Å². The van der Waals surface area contributed by atoms with Crippen LogP contribution in [0.25, 0.3) is 0 Å². The van der Waals surface area contributed by atoms with Gasteiger partial charge >= 0.3 is 0 Å². The van der Waals surface area contributed by atoms with Gasteiger partial charge in [0, 0.05) is 12.6 Å². The van der Waals surface area contributed by atoms with Gasteiger partial charge in [0.15, 0.2) is 0 Å². The number of aryl methyl sites for hydroxylation is 1. The molecule has 1 saturated carbocycles. The minimum absolute atomic E-state index is 0.0631. The summed E-state index contributed by atoms with van der Waals surface area (Å²) in [7, 11) is -1.06. The van der Waals surface area contributed by atoms with Gasteiger partial charge in [0.1, 0.15) is 24.1 Å². The predicted octanol–water partition coefficient (Wildman–Crippen LogP) is 5.46. The number of nitrogens with zero attached hydrogens (tertiary/aromatic N) is 2. The molecular weight excluding hydrogens is 578 g/mol. The Kier molecular flexibility index (Phi) is 11.3. The molecule has 0 radical (unpaired) electrons. The highest BCUT2D eigenvalue weighted by molar-refractivity contribution is 7.92. The first-order valence-electron chi connectivity index (χ1n) is 15.1. The Labute approximate surface area is 261 Å². The van der Waals surface area contributed by atoms with Crippen molar-refractivity contribution in [3.63, 3.8) is 0 Å². The van der Waals surface area contributed by atoms with E-state index in [2.05, 4.69) is 5.32 Å². The molecule has 4 rings (SSSR count). The van der Waals surface area contributed by atoms with E-state index in [0.717, 1.165) is 47.5 Å². The lowest BCUT2D eigenvalue weighted by Crippen LogP contribution is -2.54. The molecule has 1 aliphatic rings. The standard InChI is InChI=1S/C34H43N3O6S/c1-5-32(34(39)35-27-11-7-6-8-12-27)36(23-26-10-9-13-30(22-26)43-4)33(38)24-37(28-16-18-29(42-3)19-17-28)44(40,41)31-20-14-25(2)15-21-31/h9-10,13-22,27,32H,5-8,11-12,23-24H2,1-4H3,(H,35,39). The molecule has 9 nitrogen and oxygen atoms in total. The van der Waals surface area contributed by atoms with Crippen molar-refractivity contribution in [1.29, 1.82) is 0 Å². The first-order valence-corrected chi connectivity index (χ1v) is 16.6. The minimum atomic E-state index is -4.15. The number of methoxy groups -OCH3 is 2. The fourth-order valence-corrected chi connectivity index (χ4v) is 6.96. The lowest BCUT2D eigenvalue weighted by Gasteiger charge is -2.34. The highest BCUT2D eigenvalue weighted by Gasteiger charge is 2.34. The van der Waals surface area contributed by atoms with Gasteiger partial charge in [0.05, 0.1) is 24.8 Å². The fourth-order valence-electron chi connectivity index (χ4n) is 5.55. The van der Waals surface area contributed by atoms with Crippen molar-refractivity contribution in [2.24, 2.45) is 0 Å². The van der Waals surface area contributed by atoms with Crippen molar-refractivity contribution in [3.8, 4) is 11.5 Å². The van der Waals surface area contributed by atoms with Crippen LogP contribution in [0.2, 0.25) is 0 Å². The average Bonchev–Trinajstić information content (AvgIpc) is 3.04. The number of hydrogen-bond donors (Lipinski definition) is 1. The summed E-state index contributed by atoms with van der Waals surface area (Å²) >= 11 is 0. The molecular formula is C34H43N3O6S. The number of amides is 2. The largest absolute Gasteiger partial charge is 0.497 e. The van der Waals surface area contributed by atoms with E-state index in [0.29, 0.717) is 23.6 Å². The number of hydrogen-bond acceptors (Lipinski definition) is 6. The zero-order valence-corrected chi connectivity index (χ0v) is 26.8. The van der Waals surface area contributed by atoms with E-state index < -0.39 is 28.5 Å². The molecule has 1 N–H and O–H groups in total. The molecule has 0 spiro atoms. The van der Waals surface area contributed by atoms with Crippen LogP contribution in [0.5, 0.6) is 11.5 Å². The summed E-state index contributed by atoms with van der Waals surface area (Å²) in [6.07, 6.45) is 5.45. The lowest BCUT2D eigenvalue weighted by atomic mass is 9.95. The molecule has 0 aliphatic heterocycles. The van der Waals surface area contributed by atoms with Gasteiger partial charge in [-0.2, -0.15) is 0 Å². The first kappa shape index (κ1) is 32.9. The Balaban J connectivity index is 1.71. The Bertz CT molecular complexity index is 1500. The van der Waals surface area contributed by atoms with Crippen molar-refractivity contribution < 1.29 is 27.5 Å². The van der Waals surface area contributed by atoms with Crippen LogP contribution in [0.4, 0.5) is 5.69 Å². The third-order valence-corrected chi connectivity index (χ3v) is 9.86. The van der Waals surface area contributed by atoms with E-state index in [1.807, 2.05) is 38.1 Å². The third kappa shape index (κ3) is 8.11. The first-order chi connectivity index (χ1) is 21.2. The molecule has 10 heteroatoms. The number of nitrogens with one attached hydrogen (secondary N) is 1. The number of ether oxygens (including phenoxy) is 2. The maximum absolute atomic E-state index is 14.3. The highest BCUT2D eigenvalue weighted by atomic mass is 32.2. The smallest absolute Gasteiger partial charge is 0.264 e. The van der Waals surface area contributed by atoms with Gasteiger partial charge in [-0.1, -0.05) is 56.0 Å². The van der Waals surface area contributed by atoms with Crippen molar-refractivity contribution in [2.45, 2.75) is 75.9 Å².